The molecule has 1 aliphatic heterocycles. The smallest absolute Gasteiger partial charge is 0.00698 e. The van der Waals surface area contributed by atoms with E-state index in [2.05, 4.69) is 41.6 Å². The van der Waals surface area contributed by atoms with Crippen LogP contribution in [0.4, 0.5) is 0 Å². The third-order valence-electron chi connectivity index (χ3n) is 3.16. The van der Waals surface area contributed by atoms with Gasteiger partial charge in [-0.1, -0.05) is 29.3 Å². The van der Waals surface area contributed by atoms with E-state index in [0.717, 1.165) is 23.3 Å². The predicted molar refractivity (Wildman–Crippen MR) is 62.4 cm³/mol. The number of halogens is 1. The number of alkyl halides is 1. The Morgan fingerprint density at radius 2 is 1.85 bits per heavy atom. The number of hydrogen-bond acceptors (Lipinski definition) is 1. The lowest BCUT2D eigenvalue weighted by Gasteiger charge is -2.40. The molecule has 0 aromatic rings. The van der Waals surface area contributed by atoms with Gasteiger partial charge in [-0.3, -0.25) is 4.90 Å². The Bertz CT molecular complexity index is 139. The maximum absolute atomic E-state index is 3.55. The van der Waals surface area contributed by atoms with Crippen LogP contribution in [-0.2, 0) is 0 Å². The summed E-state index contributed by atoms with van der Waals surface area (Å²) in [5.41, 5.74) is 0. The minimum atomic E-state index is 0.781. The lowest BCUT2D eigenvalue weighted by molar-refractivity contribution is 0.0907. The highest BCUT2D eigenvalue weighted by Gasteiger charge is 2.25. The van der Waals surface area contributed by atoms with Crippen molar-refractivity contribution in [1.82, 2.24) is 4.90 Å². The van der Waals surface area contributed by atoms with E-state index in [-0.39, 0.29) is 0 Å². The van der Waals surface area contributed by atoms with Gasteiger partial charge in [-0.25, -0.2) is 0 Å². The van der Waals surface area contributed by atoms with Crippen molar-refractivity contribution in [2.75, 3.05) is 11.9 Å². The molecule has 0 aromatic heterocycles. The summed E-state index contributed by atoms with van der Waals surface area (Å²) < 4.78 is 0. The zero-order chi connectivity index (χ0) is 9.84. The molecule has 3 atom stereocenters. The van der Waals surface area contributed by atoms with Crippen molar-refractivity contribution >= 4 is 15.9 Å². The normalized spacial score (nSPS) is 33.2. The Hall–Kier alpha value is 0.440. The summed E-state index contributed by atoms with van der Waals surface area (Å²) in [6, 6.07) is 1.59. The van der Waals surface area contributed by atoms with Crippen LogP contribution in [0.2, 0.25) is 0 Å². The Morgan fingerprint density at radius 3 is 2.31 bits per heavy atom. The first-order valence-electron chi connectivity index (χ1n) is 5.46. The molecule has 13 heavy (non-hydrogen) atoms. The summed E-state index contributed by atoms with van der Waals surface area (Å²) in [6.45, 7) is 8.32. The highest BCUT2D eigenvalue weighted by molar-refractivity contribution is 9.09. The molecular formula is C11H22BrN. The van der Waals surface area contributed by atoms with E-state index in [4.69, 9.17) is 0 Å². The van der Waals surface area contributed by atoms with Gasteiger partial charge in [0.05, 0.1) is 0 Å². The van der Waals surface area contributed by atoms with Gasteiger partial charge in [-0.05, 0) is 32.6 Å². The largest absolute Gasteiger partial charge is 0.298 e. The first-order chi connectivity index (χ1) is 6.15. The molecule has 0 saturated carbocycles. The van der Waals surface area contributed by atoms with Crippen molar-refractivity contribution in [2.24, 2.45) is 5.92 Å². The summed E-state index contributed by atoms with van der Waals surface area (Å²) in [5, 5.41) is 1.13. The molecule has 0 N–H and O–H groups in total. The van der Waals surface area contributed by atoms with Crippen LogP contribution in [0.15, 0.2) is 0 Å². The number of likely N-dealkylation sites (tertiary alicyclic amines) is 1. The topological polar surface area (TPSA) is 3.24 Å². The van der Waals surface area contributed by atoms with Gasteiger partial charge in [0, 0.05) is 24.0 Å². The van der Waals surface area contributed by atoms with E-state index in [0.29, 0.717) is 0 Å². The second kappa shape index (κ2) is 5.35. The number of piperidine rings is 1. The van der Waals surface area contributed by atoms with Gasteiger partial charge < -0.3 is 0 Å². The van der Waals surface area contributed by atoms with Gasteiger partial charge in [0.15, 0.2) is 0 Å². The summed E-state index contributed by atoms with van der Waals surface area (Å²) in [6.07, 6.45) is 4.19. The van der Waals surface area contributed by atoms with E-state index in [1.807, 2.05) is 0 Å². The van der Waals surface area contributed by atoms with E-state index in [9.17, 15) is 0 Å². The van der Waals surface area contributed by atoms with Gasteiger partial charge in [-0.2, -0.15) is 0 Å². The first-order valence-corrected chi connectivity index (χ1v) is 6.59. The molecule has 1 saturated heterocycles. The van der Waals surface area contributed by atoms with E-state index in [1.165, 1.54) is 25.8 Å². The molecule has 1 aliphatic rings. The van der Waals surface area contributed by atoms with Crippen LogP contribution < -0.4 is 0 Å². The standard InChI is InChI=1S/C11H22BrN/c1-9(7-12)8-13-10(2)5-4-6-11(13)3/h9-11H,4-8H2,1-3H3. The lowest BCUT2D eigenvalue weighted by Crippen LogP contribution is -2.45. The Labute approximate surface area is 91.0 Å². The van der Waals surface area contributed by atoms with Gasteiger partial charge in [0.25, 0.3) is 0 Å². The quantitative estimate of drug-likeness (QED) is 0.693. The van der Waals surface area contributed by atoms with Gasteiger partial charge in [0.2, 0.25) is 0 Å². The highest BCUT2D eigenvalue weighted by Crippen LogP contribution is 2.23. The van der Waals surface area contributed by atoms with Crippen LogP contribution >= 0.6 is 15.9 Å². The summed E-state index contributed by atoms with van der Waals surface area (Å²) >= 11 is 3.55. The molecule has 1 fully saturated rings. The maximum atomic E-state index is 3.55. The summed E-state index contributed by atoms with van der Waals surface area (Å²) in [4.78, 5) is 2.68. The molecule has 0 amide bonds. The van der Waals surface area contributed by atoms with Crippen LogP contribution in [0.25, 0.3) is 0 Å². The molecule has 0 aliphatic carbocycles. The van der Waals surface area contributed by atoms with E-state index >= 15 is 0 Å². The molecule has 0 bridgehead atoms. The molecule has 1 rings (SSSR count). The third kappa shape index (κ3) is 3.25. The molecule has 2 heteroatoms. The SMILES string of the molecule is CC(CBr)CN1C(C)CCCC1C. The molecule has 0 spiro atoms. The number of hydrogen-bond donors (Lipinski definition) is 0. The first kappa shape index (κ1) is 11.5. The number of nitrogens with zero attached hydrogens (tertiary/aromatic N) is 1. The van der Waals surface area contributed by atoms with Crippen LogP contribution in [0.1, 0.15) is 40.0 Å². The van der Waals surface area contributed by atoms with Gasteiger partial charge in [-0.15, -0.1) is 0 Å². The van der Waals surface area contributed by atoms with E-state index < -0.39 is 0 Å². The fourth-order valence-corrected chi connectivity index (χ4v) is 2.45. The van der Waals surface area contributed by atoms with Crippen molar-refractivity contribution in [3.63, 3.8) is 0 Å². The van der Waals surface area contributed by atoms with E-state index in [1.54, 1.807) is 0 Å². The Kier molecular flexibility index (Phi) is 4.74. The molecule has 1 nitrogen and oxygen atoms in total. The van der Waals surface area contributed by atoms with Crippen molar-refractivity contribution in [3.8, 4) is 0 Å². The Balaban J connectivity index is 2.43. The zero-order valence-corrected chi connectivity index (χ0v) is 10.7. The van der Waals surface area contributed by atoms with Crippen LogP contribution in [0.3, 0.4) is 0 Å². The molecule has 0 radical (unpaired) electrons. The van der Waals surface area contributed by atoms with Crippen LogP contribution in [0.5, 0.6) is 0 Å². The second-order valence-corrected chi connectivity index (χ2v) is 5.23. The maximum Gasteiger partial charge on any atom is 0.00698 e. The molecule has 3 unspecified atom stereocenters. The molecule has 1 heterocycles. The molecule has 78 valence electrons. The molecule has 0 aromatic carbocycles. The van der Waals surface area contributed by atoms with Crippen LogP contribution in [0, 0.1) is 5.92 Å². The fourth-order valence-electron chi connectivity index (χ4n) is 2.24. The minimum absolute atomic E-state index is 0.781. The average Bonchev–Trinajstić information content (AvgIpc) is 2.11. The van der Waals surface area contributed by atoms with Crippen molar-refractivity contribution < 1.29 is 0 Å². The predicted octanol–water partition coefficient (Wildman–Crippen LogP) is 3.28. The highest BCUT2D eigenvalue weighted by atomic mass is 79.9. The third-order valence-corrected chi connectivity index (χ3v) is 4.27. The van der Waals surface area contributed by atoms with Crippen LogP contribution in [-0.4, -0.2) is 28.9 Å². The fraction of sp³-hybridized carbons (Fsp3) is 1.00. The Morgan fingerprint density at radius 1 is 1.31 bits per heavy atom. The van der Waals surface area contributed by atoms with Crippen molar-refractivity contribution in [3.05, 3.63) is 0 Å². The van der Waals surface area contributed by atoms with Crippen molar-refractivity contribution in [1.29, 1.82) is 0 Å². The zero-order valence-electron chi connectivity index (χ0n) is 9.09. The second-order valence-electron chi connectivity index (χ2n) is 4.59. The minimum Gasteiger partial charge on any atom is -0.298 e. The summed E-state index contributed by atoms with van der Waals surface area (Å²) in [7, 11) is 0. The number of rotatable bonds is 3. The van der Waals surface area contributed by atoms with Gasteiger partial charge >= 0.3 is 0 Å². The molecular weight excluding hydrogens is 226 g/mol. The van der Waals surface area contributed by atoms with Gasteiger partial charge in [0.1, 0.15) is 0 Å². The average molecular weight is 248 g/mol. The summed E-state index contributed by atoms with van der Waals surface area (Å²) in [5.74, 6) is 0.781. The lowest BCUT2D eigenvalue weighted by atomic mass is 9.96. The van der Waals surface area contributed by atoms with Crippen molar-refractivity contribution in [2.45, 2.75) is 52.1 Å². The monoisotopic (exact) mass is 247 g/mol.